The molecule has 0 aromatic heterocycles. The third-order valence-corrected chi connectivity index (χ3v) is 9.18. The van der Waals surface area contributed by atoms with Crippen LogP contribution in [0.4, 0.5) is 11.4 Å². The van der Waals surface area contributed by atoms with Crippen LogP contribution in [0.2, 0.25) is 0 Å². The molecule has 3 nitrogen and oxygen atoms in total. The average molecular weight is 613 g/mol. The van der Waals surface area contributed by atoms with Crippen molar-refractivity contribution in [3.8, 4) is 0 Å². The maximum absolute atomic E-state index is 5.14. The van der Waals surface area contributed by atoms with E-state index in [1.54, 1.807) is 0 Å². The standard InChI is InChI=1S/C24H35N2P.C4H7O.3ClH.Cr/c1-8-21-14-10-12-16-23(21)25-20(7)26(27(18(3)4)19(5)6)24-17-13-11-15-22(24)9-2;1-2-4-5-3-1;;;;/h10-19H,8-9H2,1-7H3;3H,1-2,4H2;3*1H;/q;-1;;;;+4/p-2. The molecule has 1 aliphatic heterocycles. The zero-order chi connectivity index (χ0) is 27.1. The maximum atomic E-state index is 5.14. The fourth-order valence-electron chi connectivity index (χ4n) is 4.27. The quantitative estimate of drug-likeness (QED) is 0.134. The Morgan fingerprint density at radius 1 is 0.972 bits per heavy atom. The molecule has 0 saturated carbocycles. The minimum atomic E-state index is -1.62. The Morgan fingerprint density at radius 2 is 1.50 bits per heavy atom. The number of benzene rings is 2. The van der Waals surface area contributed by atoms with Gasteiger partial charge in [-0.25, -0.2) is 16.3 Å². The van der Waals surface area contributed by atoms with Crippen LogP contribution in [-0.2, 0) is 29.0 Å². The van der Waals surface area contributed by atoms with Crippen molar-refractivity contribution >= 4 is 55.4 Å². The van der Waals surface area contributed by atoms with Crippen LogP contribution in [0.25, 0.3) is 0 Å². The van der Waals surface area contributed by atoms with Crippen LogP contribution in [0.3, 0.4) is 0 Å². The number of hydrogen-bond donors (Lipinski definition) is 0. The predicted octanol–water partition coefficient (Wildman–Crippen LogP) is 10.3. The molecule has 0 spiro atoms. The molecule has 0 bridgehead atoms. The fourth-order valence-corrected chi connectivity index (χ4v) is 7.56. The number of anilines is 1. The van der Waals surface area contributed by atoms with Crippen molar-refractivity contribution in [1.29, 1.82) is 0 Å². The molecule has 0 radical (unpaired) electrons. The van der Waals surface area contributed by atoms with E-state index in [0.717, 1.165) is 37.4 Å². The van der Waals surface area contributed by atoms with Crippen molar-refractivity contribution in [2.75, 3.05) is 11.3 Å². The number of aryl methyl sites for hydroxylation is 2. The van der Waals surface area contributed by atoms with E-state index < -0.39 is 19.5 Å². The Labute approximate surface area is 238 Å². The summed E-state index contributed by atoms with van der Waals surface area (Å²) in [5.74, 6) is 1.12. The monoisotopic (exact) mass is 611 g/mol. The Hall–Kier alpha value is -0.298. The van der Waals surface area contributed by atoms with Crippen molar-refractivity contribution in [3.63, 3.8) is 0 Å². The zero-order valence-electron chi connectivity index (χ0n) is 22.7. The van der Waals surface area contributed by atoms with Gasteiger partial charge >= 0.3 is 41.5 Å². The molecule has 3 rings (SSSR count). The Morgan fingerprint density at radius 3 is 1.94 bits per heavy atom. The van der Waals surface area contributed by atoms with Crippen LogP contribution in [0, 0.1) is 6.61 Å². The van der Waals surface area contributed by atoms with E-state index in [0.29, 0.717) is 11.3 Å². The number of amidine groups is 1. The van der Waals surface area contributed by atoms with E-state index in [4.69, 9.17) is 39.9 Å². The van der Waals surface area contributed by atoms with Gasteiger partial charge in [-0.15, -0.1) is 0 Å². The second-order valence-electron chi connectivity index (χ2n) is 9.05. The third-order valence-electron chi connectivity index (χ3n) is 5.74. The first-order valence-corrected chi connectivity index (χ1v) is 19.5. The van der Waals surface area contributed by atoms with Crippen LogP contribution in [0.15, 0.2) is 53.5 Å². The van der Waals surface area contributed by atoms with Gasteiger partial charge in [0.15, 0.2) is 0 Å². The number of para-hydroxylation sites is 2. The number of rotatable bonds is 7. The van der Waals surface area contributed by atoms with Crippen LogP contribution < -0.4 is 4.67 Å². The molecule has 0 N–H and O–H groups in total. The van der Waals surface area contributed by atoms with Gasteiger partial charge in [0.2, 0.25) is 0 Å². The number of halogens is 3. The van der Waals surface area contributed by atoms with Gasteiger partial charge in [0, 0.05) is 6.61 Å². The Bertz CT molecular complexity index is 890. The summed E-state index contributed by atoms with van der Waals surface area (Å²) in [6.07, 6.45) is 4.42. The van der Waals surface area contributed by atoms with Crippen molar-refractivity contribution in [2.45, 2.75) is 85.5 Å². The summed E-state index contributed by atoms with van der Waals surface area (Å²) in [6.45, 7) is 18.9. The summed E-state index contributed by atoms with van der Waals surface area (Å²) in [6, 6.07) is 17.4. The second kappa shape index (κ2) is 18.9. The van der Waals surface area contributed by atoms with Crippen LogP contribution >= 0.6 is 38.2 Å². The van der Waals surface area contributed by atoms with Gasteiger partial charge in [-0.2, -0.15) is 6.42 Å². The molecule has 0 aliphatic carbocycles. The fraction of sp³-hybridized carbons (Fsp3) is 0.500. The van der Waals surface area contributed by atoms with Crippen molar-refractivity contribution in [3.05, 3.63) is 66.3 Å². The van der Waals surface area contributed by atoms with Gasteiger partial charge in [0.1, 0.15) is 13.9 Å². The predicted molar refractivity (Wildman–Crippen MR) is 163 cm³/mol. The Balaban J connectivity index is 0.000000606. The topological polar surface area (TPSA) is 24.8 Å². The molecule has 1 aliphatic rings. The SMILES string of the molecule is CCc1ccccc1N=C(C)N(c1ccccc1CC)[PH+](C(C)C)C(C)C.[CH-]1CCCO1.[Cl][Cr+]([Cl])[Cl]. The molecule has 0 amide bonds. The van der Waals surface area contributed by atoms with E-state index in [-0.39, 0.29) is 0 Å². The van der Waals surface area contributed by atoms with Gasteiger partial charge in [-0.1, -0.05) is 56.7 Å². The first-order chi connectivity index (χ1) is 17.1. The van der Waals surface area contributed by atoms with Crippen LogP contribution in [0.1, 0.15) is 72.4 Å². The first-order valence-electron chi connectivity index (χ1n) is 12.7. The molecule has 8 heteroatoms. The number of nitrogens with zero attached hydrogens (tertiary/aromatic N) is 2. The summed E-state index contributed by atoms with van der Waals surface area (Å²) in [4.78, 5) is 5.14. The van der Waals surface area contributed by atoms with Gasteiger partial charge in [-0.3, -0.25) is 0 Å². The van der Waals surface area contributed by atoms with E-state index in [1.807, 2.05) is 6.61 Å². The molecule has 2 aromatic carbocycles. The zero-order valence-corrected chi connectivity index (χ0v) is 27.3. The molecule has 1 heterocycles. The van der Waals surface area contributed by atoms with Crippen LogP contribution in [-0.4, -0.2) is 23.8 Å². The molecule has 36 heavy (non-hydrogen) atoms. The Kier molecular flexibility index (Phi) is 17.7. The number of hydrogen-bond acceptors (Lipinski definition) is 2. The first kappa shape index (κ1) is 33.7. The van der Waals surface area contributed by atoms with E-state index in [1.165, 1.54) is 23.2 Å². The molecule has 1 saturated heterocycles. The van der Waals surface area contributed by atoms with Crippen molar-refractivity contribution in [2.24, 2.45) is 4.99 Å². The second-order valence-corrected chi connectivity index (χ2v) is 19.0. The van der Waals surface area contributed by atoms with Crippen molar-refractivity contribution in [1.82, 2.24) is 0 Å². The average Bonchev–Trinajstić information content (AvgIpc) is 3.42. The van der Waals surface area contributed by atoms with Gasteiger partial charge in [-0.05, 0) is 70.7 Å². The number of aliphatic imine (C=N–C) groups is 1. The minimum absolute atomic E-state index is 0.631. The van der Waals surface area contributed by atoms with E-state index in [9.17, 15) is 0 Å². The number of ether oxygens (including phenoxy) is 1. The normalized spacial score (nSPS) is 13.6. The molecular formula is C28H43Cl3CrN2OP+. The summed E-state index contributed by atoms with van der Waals surface area (Å²) in [5, 5.41) is 0. The van der Waals surface area contributed by atoms with Gasteiger partial charge in [0.25, 0.3) is 0 Å². The van der Waals surface area contributed by atoms with Crippen molar-refractivity contribution < 1.29 is 16.1 Å². The molecule has 1 fully saturated rings. The molecule has 2 aromatic rings. The third kappa shape index (κ3) is 12.0. The molecule has 202 valence electrons. The van der Waals surface area contributed by atoms with Gasteiger partial charge < -0.3 is 4.74 Å². The van der Waals surface area contributed by atoms with Gasteiger partial charge in [0.05, 0.1) is 22.7 Å². The summed E-state index contributed by atoms with van der Waals surface area (Å²) in [7, 11) is 14.0. The van der Waals surface area contributed by atoms with E-state index >= 15 is 0 Å². The molecular weight excluding hydrogens is 570 g/mol. The summed E-state index contributed by atoms with van der Waals surface area (Å²) >= 11 is -1.62. The summed E-state index contributed by atoms with van der Waals surface area (Å²) < 4.78 is 7.41. The molecule has 0 atom stereocenters. The van der Waals surface area contributed by atoms with Crippen LogP contribution in [0.5, 0.6) is 0 Å². The summed E-state index contributed by atoms with van der Waals surface area (Å²) in [5.41, 5.74) is 6.41. The molecule has 0 unspecified atom stereocenters. The van der Waals surface area contributed by atoms with E-state index in [2.05, 4.69) is 102 Å².